The van der Waals surface area contributed by atoms with Crippen molar-refractivity contribution in [2.75, 3.05) is 10.5 Å². The summed E-state index contributed by atoms with van der Waals surface area (Å²) in [6.07, 6.45) is 0. The maximum atomic E-state index is 13.6. The highest BCUT2D eigenvalue weighted by Crippen LogP contribution is 2.27. The molecule has 7 heteroatoms. The van der Waals surface area contributed by atoms with Crippen LogP contribution >= 0.6 is 0 Å². The van der Waals surface area contributed by atoms with Crippen molar-refractivity contribution in [3.05, 3.63) is 53.1 Å². The number of halogens is 2. The van der Waals surface area contributed by atoms with E-state index >= 15 is 0 Å². The summed E-state index contributed by atoms with van der Waals surface area (Å²) in [5, 5.41) is 0. The molecular weight excluding hydrogens is 298 g/mol. The van der Waals surface area contributed by atoms with Crippen molar-refractivity contribution >= 4 is 21.4 Å². The van der Waals surface area contributed by atoms with Gasteiger partial charge in [-0.1, -0.05) is 6.07 Å². The number of nitrogens with two attached hydrogens (primary N) is 1. The number of benzene rings is 2. The fourth-order valence-electron chi connectivity index (χ4n) is 1.86. The first-order chi connectivity index (χ1) is 9.72. The van der Waals surface area contributed by atoms with Gasteiger partial charge in [0.05, 0.1) is 5.69 Å². The molecule has 0 aliphatic rings. The van der Waals surface area contributed by atoms with Gasteiger partial charge in [0.2, 0.25) is 0 Å². The van der Waals surface area contributed by atoms with E-state index in [9.17, 15) is 17.2 Å². The van der Waals surface area contributed by atoms with Crippen LogP contribution < -0.4 is 10.5 Å². The summed E-state index contributed by atoms with van der Waals surface area (Å²) in [5.74, 6) is -1.86. The van der Waals surface area contributed by atoms with Crippen LogP contribution in [0.4, 0.5) is 20.2 Å². The van der Waals surface area contributed by atoms with E-state index < -0.39 is 26.6 Å². The highest BCUT2D eigenvalue weighted by molar-refractivity contribution is 7.92. The Morgan fingerprint density at radius 3 is 2.43 bits per heavy atom. The number of hydrogen-bond donors (Lipinski definition) is 2. The van der Waals surface area contributed by atoms with Crippen LogP contribution in [0.2, 0.25) is 0 Å². The SMILES string of the molecule is Cc1ccc(NS(=O)(=O)c2cc(F)ccc2F)c(C)c1N. The predicted octanol–water partition coefficient (Wildman–Crippen LogP) is 2.96. The molecule has 0 fully saturated rings. The quantitative estimate of drug-likeness (QED) is 0.856. The van der Waals surface area contributed by atoms with E-state index in [1.807, 2.05) is 0 Å². The van der Waals surface area contributed by atoms with E-state index in [-0.39, 0.29) is 5.69 Å². The molecule has 0 saturated heterocycles. The number of hydrogen-bond acceptors (Lipinski definition) is 3. The lowest BCUT2D eigenvalue weighted by atomic mass is 10.1. The average molecular weight is 312 g/mol. The zero-order valence-corrected chi connectivity index (χ0v) is 12.3. The van der Waals surface area contributed by atoms with E-state index in [0.717, 1.165) is 17.7 Å². The molecule has 2 aromatic carbocycles. The van der Waals surface area contributed by atoms with E-state index in [4.69, 9.17) is 5.73 Å². The Morgan fingerprint density at radius 2 is 1.76 bits per heavy atom. The van der Waals surface area contributed by atoms with Gasteiger partial charge >= 0.3 is 0 Å². The highest BCUT2D eigenvalue weighted by atomic mass is 32.2. The number of anilines is 2. The molecule has 0 unspecified atom stereocenters. The summed E-state index contributed by atoms with van der Waals surface area (Å²) in [6, 6.07) is 5.41. The molecular formula is C14H14F2N2O2S. The highest BCUT2D eigenvalue weighted by Gasteiger charge is 2.21. The van der Waals surface area contributed by atoms with Crippen molar-refractivity contribution < 1.29 is 17.2 Å². The molecule has 2 rings (SSSR count). The van der Waals surface area contributed by atoms with E-state index in [2.05, 4.69) is 4.72 Å². The Kier molecular flexibility index (Phi) is 3.87. The largest absolute Gasteiger partial charge is 0.398 e. The van der Waals surface area contributed by atoms with Crippen molar-refractivity contribution in [1.82, 2.24) is 0 Å². The molecule has 0 aliphatic carbocycles. The Balaban J connectivity index is 2.47. The third-order valence-electron chi connectivity index (χ3n) is 3.16. The van der Waals surface area contributed by atoms with Crippen molar-refractivity contribution in [2.24, 2.45) is 0 Å². The van der Waals surface area contributed by atoms with Crippen molar-refractivity contribution in [3.8, 4) is 0 Å². The van der Waals surface area contributed by atoms with Crippen LogP contribution in [0, 0.1) is 25.5 Å². The fourth-order valence-corrected chi connectivity index (χ4v) is 3.07. The summed E-state index contributed by atoms with van der Waals surface area (Å²) >= 11 is 0. The minimum atomic E-state index is -4.24. The van der Waals surface area contributed by atoms with Gasteiger partial charge < -0.3 is 5.73 Å². The second-order valence-electron chi connectivity index (χ2n) is 4.65. The first-order valence-corrected chi connectivity index (χ1v) is 7.54. The smallest absolute Gasteiger partial charge is 0.264 e. The summed E-state index contributed by atoms with van der Waals surface area (Å²) in [5.41, 5.74) is 7.81. The number of sulfonamides is 1. The molecule has 0 aromatic heterocycles. The molecule has 3 N–H and O–H groups in total. The fraction of sp³-hybridized carbons (Fsp3) is 0.143. The van der Waals surface area contributed by atoms with E-state index in [0.29, 0.717) is 17.3 Å². The summed E-state index contributed by atoms with van der Waals surface area (Å²) in [6.45, 7) is 3.43. The molecule has 2 aromatic rings. The van der Waals surface area contributed by atoms with Crippen LogP contribution in [-0.2, 0) is 10.0 Å². The topological polar surface area (TPSA) is 72.2 Å². The van der Waals surface area contributed by atoms with Gasteiger partial charge in [0, 0.05) is 5.69 Å². The van der Waals surface area contributed by atoms with E-state index in [1.165, 1.54) is 6.07 Å². The van der Waals surface area contributed by atoms with Crippen LogP contribution in [0.5, 0.6) is 0 Å². The average Bonchev–Trinajstić information content (AvgIpc) is 2.42. The molecule has 0 radical (unpaired) electrons. The second kappa shape index (κ2) is 5.33. The van der Waals surface area contributed by atoms with Gasteiger partial charge in [-0.25, -0.2) is 17.2 Å². The third kappa shape index (κ3) is 2.97. The number of nitrogen functional groups attached to an aromatic ring is 1. The van der Waals surface area contributed by atoms with E-state index in [1.54, 1.807) is 19.9 Å². The first kappa shape index (κ1) is 15.2. The van der Waals surface area contributed by atoms with Gasteiger partial charge in [-0.05, 0) is 49.2 Å². The molecule has 112 valence electrons. The Hall–Kier alpha value is -2.15. The lowest BCUT2D eigenvalue weighted by molar-refractivity contribution is 0.555. The Bertz CT molecular complexity index is 805. The number of aryl methyl sites for hydroxylation is 1. The minimum Gasteiger partial charge on any atom is -0.398 e. The summed E-state index contributed by atoms with van der Waals surface area (Å²) in [7, 11) is -4.24. The van der Waals surface area contributed by atoms with Gasteiger partial charge in [0.1, 0.15) is 16.5 Å². The first-order valence-electron chi connectivity index (χ1n) is 6.06. The normalized spacial score (nSPS) is 11.4. The van der Waals surface area contributed by atoms with Crippen LogP contribution in [0.25, 0.3) is 0 Å². The standard InChI is InChI=1S/C14H14F2N2O2S/c1-8-3-6-12(9(2)14(8)17)18-21(19,20)13-7-10(15)4-5-11(13)16/h3-7,18H,17H2,1-2H3. The molecule has 0 amide bonds. The molecule has 4 nitrogen and oxygen atoms in total. The predicted molar refractivity (Wildman–Crippen MR) is 77.5 cm³/mol. The molecule has 0 spiro atoms. The van der Waals surface area contributed by atoms with Gasteiger partial charge in [-0.15, -0.1) is 0 Å². The number of nitrogens with one attached hydrogen (secondary N) is 1. The van der Waals surface area contributed by atoms with Crippen LogP contribution in [0.3, 0.4) is 0 Å². The lowest BCUT2D eigenvalue weighted by Gasteiger charge is -2.14. The van der Waals surface area contributed by atoms with Gasteiger partial charge in [-0.2, -0.15) is 0 Å². The van der Waals surface area contributed by atoms with Gasteiger partial charge in [0.15, 0.2) is 0 Å². The van der Waals surface area contributed by atoms with Crippen LogP contribution in [0.1, 0.15) is 11.1 Å². The molecule has 0 atom stereocenters. The van der Waals surface area contributed by atoms with Gasteiger partial charge in [-0.3, -0.25) is 4.72 Å². The Labute approximate surface area is 121 Å². The molecule has 0 heterocycles. The molecule has 0 aliphatic heterocycles. The summed E-state index contributed by atoms with van der Waals surface area (Å²) < 4.78 is 53.3. The molecule has 0 bridgehead atoms. The van der Waals surface area contributed by atoms with Crippen molar-refractivity contribution in [1.29, 1.82) is 0 Å². The van der Waals surface area contributed by atoms with Crippen LogP contribution in [-0.4, -0.2) is 8.42 Å². The second-order valence-corrected chi connectivity index (χ2v) is 6.30. The monoisotopic (exact) mass is 312 g/mol. The minimum absolute atomic E-state index is 0.224. The zero-order valence-electron chi connectivity index (χ0n) is 11.4. The third-order valence-corrected chi connectivity index (χ3v) is 4.54. The maximum Gasteiger partial charge on any atom is 0.264 e. The zero-order chi connectivity index (χ0) is 15.8. The maximum absolute atomic E-state index is 13.6. The molecule has 0 saturated carbocycles. The Morgan fingerprint density at radius 1 is 1.10 bits per heavy atom. The van der Waals surface area contributed by atoms with Crippen molar-refractivity contribution in [3.63, 3.8) is 0 Å². The number of rotatable bonds is 3. The van der Waals surface area contributed by atoms with Crippen LogP contribution in [0.15, 0.2) is 35.2 Å². The molecule has 21 heavy (non-hydrogen) atoms. The summed E-state index contributed by atoms with van der Waals surface area (Å²) in [4.78, 5) is -0.749. The van der Waals surface area contributed by atoms with Gasteiger partial charge in [0.25, 0.3) is 10.0 Å². The lowest BCUT2D eigenvalue weighted by Crippen LogP contribution is -2.16. The van der Waals surface area contributed by atoms with Crippen molar-refractivity contribution in [2.45, 2.75) is 18.7 Å².